The van der Waals surface area contributed by atoms with Gasteiger partial charge >= 0.3 is 0 Å². The Kier molecular flexibility index (Phi) is 6.21. The minimum absolute atomic E-state index is 0.196. The van der Waals surface area contributed by atoms with E-state index in [4.69, 9.17) is 0 Å². The van der Waals surface area contributed by atoms with Gasteiger partial charge in [0.05, 0.1) is 10.5 Å². The molecule has 3 amide bonds. The van der Waals surface area contributed by atoms with E-state index >= 15 is 0 Å². The summed E-state index contributed by atoms with van der Waals surface area (Å²) >= 11 is 1.42. The minimum atomic E-state index is -0.313. The quantitative estimate of drug-likeness (QED) is 0.808. The molecule has 0 spiro atoms. The van der Waals surface area contributed by atoms with Crippen molar-refractivity contribution in [2.75, 3.05) is 6.54 Å². The Hall–Kier alpha value is -1.82. The van der Waals surface area contributed by atoms with Crippen LogP contribution in [0.4, 0.5) is 0 Å². The second-order valence-corrected chi connectivity index (χ2v) is 6.87. The Morgan fingerprint density at radius 3 is 2.17 bits per heavy atom. The van der Waals surface area contributed by atoms with Crippen LogP contribution in [0.15, 0.2) is 30.3 Å². The van der Waals surface area contributed by atoms with E-state index in [2.05, 4.69) is 5.32 Å². The van der Waals surface area contributed by atoms with E-state index in [1.165, 1.54) is 11.8 Å². The van der Waals surface area contributed by atoms with E-state index in [1.807, 2.05) is 44.2 Å². The number of hydrogen-bond acceptors (Lipinski definition) is 4. The van der Waals surface area contributed by atoms with Crippen molar-refractivity contribution in [1.82, 2.24) is 10.2 Å². The van der Waals surface area contributed by atoms with Gasteiger partial charge in [-0.05, 0) is 18.4 Å². The summed E-state index contributed by atoms with van der Waals surface area (Å²) in [5.74, 6) is -0.809. The highest BCUT2D eigenvalue weighted by atomic mass is 32.2. The second kappa shape index (κ2) is 8.15. The molecule has 1 aromatic carbocycles. The fraction of sp³-hybridized carbons (Fsp3) is 0.471. The van der Waals surface area contributed by atoms with Gasteiger partial charge in [0.25, 0.3) is 0 Å². The van der Waals surface area contributed by atoms with Crippen LogP contribution in [0.5, 0.6) is 0 Å². The number of nitrogens with one attached hydrogen (secondary N) is 1. The maximum atomic E-state index is 12.3. The lowest BCUT2D eigenvalue weighted by Crippen LogP contribution is -2.54. The average molecular weight is 334 g/mol. The zero-order valence-corrected chi connectivity index (χ0v) is 14.3. The van der Waals surface area contributed by atoms with Crippen LogP contribution in [-0.4, -0.2) is 39.7 Å². The molecular formula is C17H22N2O3S. The third-order valence-corrected chi connectivity index (χ3v) is 5.51. The molecule has 1 fully saturated rings. The van der Waals surface area contributed by atoms with Crippen LogP contribution >= 0.6 is 11.8 Å². The van der Waals surface area contributed by atoms with E-state index in [0.29, 0.717) is 19.4 Å². The summed E-state index contributed by atoms with van der Waals surface area (Å²) in [5, 5.41) is 2.29. The Bertz CT molecular complexity index is 554. The van der Waals surface area contributed by atoms with Crippen molar-refractivity contribution < 1.29 is 14.4 Å². The molecule has 23 heavy (non-hydrogen) atoms. The Labute approximate surface area is 140 Å². The third-order valence-electron chi connectivity index (χ3n) is 3.79. The van der Waals surface area contributed by atoms with Crippen molar-refractivity contribution in [3.05, 3.63) is 35.9 Å². The summed E-state index contributed by atoms with van der Waals surface area (Å²) in [6.07, 6.45) is 1.32. The molecule has 1 saturated heterocycles. The third kappa shape index (κ3) is 4.34. The second-order valence-electron chi connectivity index (χ2n) is 5.45. The van der Waals surface area contributed by atoms with Gasteiger partial charge in [-0.3, -0.25) is 19.3 Å². The first-order chi connectivity index (χ1) is 11.1. The van der Waals surface area contributed by atoms with Crippen LogP contribution in [0.1, 0.15) is 32.3 Å². The van der Waals surface area contributed by atoms with Crippen LogP contribution in [0, 0.1) is 0 Å². The number of imide groups is 1. The number of carbonyl (C=O) groups excluding carboxylic acids is 3. The van der Waals surface area contributed by atoms with Gasteiger partial charge in [0.15, 0.2) is 0 Å². The van der Waals surface area contributed by atoms with Crippen LogP contribution in [0.25, 0.3) is 0 Å². The number of rotatable bonds is 6. The molecule has 2 atom stereocenters. The van der Waals surface area contributed by atoms with Crippen LogP contribution in [0.2, 0.25) is 0 Å². The van der Waals surface area contributed by atoms with Gasteiger partial charge in [-0.1, -0.05) is 44.2 Å². The van der Waals surface area contributed by atoms with Gasteiger partial charge in [-0.15, -0.1) is 11.8 Å². The summed E-state index contributed by atoms with van der Waals surface area (Å²) in [6.45, 7) is 4.04. The maximum absolute atomic E-state index is 12.3. The zero-order valence-electron chi connectivity index (χ0n) is 13.5. The lowest BCUT2D eigenvalue weighted by molar-refractivity contribution is -0.148. The van der Waals surface area contributed by atoms with Gasteiger partial charge in [0, 0.05) is 6.54 Å². The number of amides is 3. The molecule has 5 nitrogen and oxygen atoms in total. The summed E-state index contributed by atoms with van der Waals surface area (Å²) in [7, 11) is 0. The number of hydrogen-bond donors (Lipinski definition) is 1. The smallest absolute Gasteiger partial charge is 0.242 e. The van der Waals surface area contributed by atoms with Crippen molar-refractivity contribution in [2.24, 2.45) is 0 Å². The topological polar surface area (TPSA) is 66.5 Å². The largest absolute Gasteiger partial charge is 0.350 e. The normalized spacial score (nSPS) is 21.4. The molecule has 6 heteroatoms. The standard InChI is InChI=1S/C17H22N2O3S/c1-3-13-16(21)19(17(22)14(4-2)23-13)11-15(20)18-10-12-8-6-5-7-9-12/h5-9,13-14H,3-4,10-11H2,1-2H3,(H,18,20)/t13-,14-/m1/s1. The predicted octanol–water partition coefficient (Wildman–Crippen LogP) is 1.96. The summed E-state index contributed by atoms with van der Waals surface area (Å²) in [4.78, 5) is 37.9. The van der Waals surface area contributed by atoms with Crippen molar-refractivity contribution in [1.29, 1.82) is 0 Å². The summed E-state index contributed by atoms with van der Waals surface area (Å²) in [5.41, 5.74) is 0.977. The molecule has 0 aliphatic carbocycles. The Balaban J connectivity index is 1.97. The predicted molar refractivity (Wildman–Crippen MR) is 90.8 cm³/mol. The monoisotopic (exact) mass is 334 g/mol. The van der Waals surface area contributed by atoms with E-state index in [0.717, 1.165) is 10.5 Å². The van der Waals surface area contributed by atoms with Crippen molar-refractivity contribution in [3.63, 3.8) is 0 Å². The molecular weight excluding hydrogens is 312 g/mol. The van der Waals surface area contributed by atoms with Crippen LogP contribution < -0.4 is 5.32 Å². The minimum Gasteiger partial charge on any atom is -0.350 e. The van der Waals surface area contributed by atoms with E-state index in [9.17, 15) is 14.4 Å². The number of carbonyl (C=O) groups is 3. The number of nitrogens with zero attached hydrogens (tertiary/aromatic N) is 1. The van der Waals surface area contributed by atoms with Crippen molar-refractivity contribution >= 4 is 29.5 Å². The van der Waals surface area contributed by atoms with Gasteiger partial charge in [-0.25, -0.2) is 0 Å². The molecule has 1 aliphatic rings. The van der Waals surface area contributed by atoms with Crippen LogP contribution in [0.3, 0.4) is 0 Å². The van der Waals surface area contributed by atoms with Crippen molar-refractivity contribution in [3.8, 4) is 0 Å². The fourth-order valence-corrected chi connectivity index (χ4v) is 3.73. The van der Waals surface area contributed by atoms with Gasteiger partial charge in [0.1, 0.15) is 6.54 Å². The van der Waals surface area contributed by atoms with Gasteiger partial charge in [0.2, 0.25) is 17.7 Å². The Morgan fingerprint density at radius 1 is 1.09 bits per heavy atom. The number of thioether (sulfide) groups is 1. The van der Waals surface area contributed by atoms with E-state index in [1.54, 1.807) is 0 Å². The fourth-order valence-electron chi connectivity index (χ4n) is 2.46. The highest BCUT2D eigenvalue weighted by Gasteiger charge is 2.40. The molecule has 0 radical (unpaired) electrons. The molecule has 0 bridgehead atoms. The molecule has 2 rings (SSSR count). The highest BCUT2D eigenvalue weighted by Crippen LogP contribution is 2.31. The molecule has 0 aromatic heterocycles. The van der Waals surface area contributed by atoms with Gasteiger partial charge < -0.3 is 5.32 Å². The summed E-state index contributed by atoms with van der Waals surface area (Å²) in [6, 6.07) is 9.52. The molecule has 1 N–H and O–H groups in total. The molecule has 124 valence electrons. The van der Waals surface area contributed by atoms with Crippen LogP contribution in [-0.2, 0) is 20.9 Å². The highest BCUT2D eigenvalue weighted by molar-refractivity contribution is 8.02. The first kappa shape index (κ1) is 17.5. The lowest BCUT2D eigenvalue weighted by Gasteiger charge is -2.34. The van der Waals surface area contributed by atoms with E-state index in [-0.39, 0.29) is 34.8 Å². The molecule has 1 heterocycles. The molecule has 1 aromatic rings. The summed E-state index contributed by atoms with van der Waals surface area (Å²) < 4.78 is 0. The molecule has 0 unspecified atom stereocenters. The molecule has 1 aliphatic heterocycles. The van der Waals surface area contributed by atoms with Gasteiger partial charge in [-0.2, -0.15) is 0 Å². The SMILES string of the molecule is CC[C@H]1S[C@H](CC)C(=O)N(CC(=O)NCc2ccccc2)C1=O. The Morgan fingerprint density at radius 2 is 1.65 bits per heavy atom. The first-order valence-electron chi connectivity index (χ1n) is 7.88. The lowest BCUT2D eigenvalue weighted by atomic mass is 10.2. The maximum Gasteiger partial charge on any atom is 0.242 e. The van der Waals surface area contributed by atoms with Crippen molar-refractivity contribution in [2.45, 2.75) is 43.7 Å². The van der Waals surface area contributed by atoms with E-state index < -0.39 is 0 Å². The number of benzene rings is 1. The molecule has 0 saturated carbocycles. The first-order valence-corrected chi connectivity index (χ1v) is 8.82. The zero-order chi connectivity index (χ0) is 16.8. The average Bonchev–Trinajstić information content (AvgIpc) is 2.58.